The zero-order valence-electron chi connectivity index (χ0n) is 15.6. The molecule has 2 aromatic heterocycles. The molecular weight excluding hydrogens is 374 g/mol. The molecule has 0 spiro atoms. The second-order valence-electron chi connectivity index (χ2n) is 7.87. The van der Waals surface area contributed by atoms with E-state index in [2.05, 4.69) is 32.2 Å². The summed E-state index contributed by atoms with van der Waals surface area (Å²) in [5.41, 5.74) is 1.95. The first kappa shape index (κ1) is 17.8. The van der Waals surface area contributed by atoms with Crippen LogP contribution in [0, 0.1) is 5.92 Å². The molecule has 3 aromatic rings. The summed E-state index contributed by atoms with van der Waals surface area (Å²) in [5, 5.41) is 4.98. The van der Waals surface area contributed by atoms with Gasteiger partial charge in [-0.25, -0.2) is 4.98 Å². The van der Waals surface area contributed by atoms with Crippen LogP contribution in [-0.2, 0) is 11.8 Å². The van der Waals surface area contributed by atoms with Crippen molar-refractivity contribution in [3.05, 3.63) is 59.3 Å². The number of nitrogens with zero attached hydrogens (tertiary/aromatic N) is 5. The van der Waals surface area contributed by atoms with Crippen LogP contribution in [0.1, 0.15) is 30.7 Å². The van der Waals surface area contributed by atoms with Gasteiger partial charge in [-0.3, -0.25) is 4.98 Å². The lowest BCUT2D eigenvalue weighted by molar-refractivity contribution is 0.248. The van der Waals surface area contributed by atoms with Gasteiger partial charge in [0.2, 0.25) is 11.7 Å². The minimum absolute atomic E-state index is 0.0204. The Bertz CT molecular complexity index is 945. The van der Waals surface area contributed by atoms with E-state index in [1.807, 2.05) is 12.1 Å². The van der Waals surface area contributed by atoms with Gasteiger partial charge in [0, 0.05) is 37.1 Å². The Labute approximate surface area is 169 Å². The van der Waals surface area contributed by atoms with E-state index in [-0.39, 0.29) is 5.41 Å². The Morgan fingerprint density at radius 3 is 2.93 bits per heavy atom. The summed E-state index contributed by atoms with van der Waals surface area (Å²) in [7, 11) is 0. The lowest BCUT2D eigenvalue weighted by Gasteiger charge is -2.24. The van der Waals surface area contributed by atoms with E-state index in [0.717, 1.165) is 43.4 Å². The Morgan fingerprint density at radius 2 is 2.11 bits per heavy atom. The molecule has 28 heavy (non-hydrogen) atoms. The maximum Gasteiger partial charge on any atom is 0.234 e. The normalized spacial score (nSPS) is 24.5. The maximum atomic E-state index is 5.99. The summed E-state index contributed by atoms with van der Waals surface area (Å²) in [4.78, 5) is 15.7. The van der Waals surface area contributed by atoms with E-state index in [0.29, 0.717) is 17.4 Å². The van der Waals surface area contributed by atoms with Crippen molar-refractivity contribution >= 4 is 11.6 Å². The fourth-order valence-electron chi connectivity index (χ4n) is 4.80. The molecule has 1 aliphatic heterocycles. The van der Waals surface area contributed by atoms with Crippen molar-refractivity contribution < 1.29 is 4.52 Å². The second-order valence-corrected chi connectivity index (χ2v) is 8.31. The number of likely N-dealkylation sites (tertiary alicyclic amines) is 1. The highest BCUT2D eigenvalue weighted by Gasteiger charge is 2.54. The van der Waals surface area contributed by atoms with Gasteiger partial charge in [0.25, 0.3) is 0 Å². The van der Waals surface area contributed by atoms with Crippen LogP contribution in [0.15, 0.2) is 47.4 Å². The topological polar surface area (TPSA) is 67.9 Å². The van der Waals surface area contributed by atoms with Gasteiger partial charge in [0.1, 0.15) is 5.69 Å². The zero-order chi connectivity index (χ0) is 19.0. The summed E-state index contributed by atoms with van der Waals surface area (Å²) in [6, 6.07) is 8.15. The Hall–Kier alpha value is -2.31. The molecule has 3 heterocycles. The standard InChI is InChI=1S/C21H22ClN5O/c22-17-5-3-15(4-6-17)7-11-27-13-16-2-1-8-21(16,14-27)20-25-19(26-28-20)18-12-23-9-10-24-18/h3-6,9-10,12,16H,1-2,7-8,11,13-14H2/t16-,21-/m1/s1. The Balaban J connectivity index is 1.32. The lowest BCUT2D eigenvalue weighted by Crippen LogP contribution is -2.33. The van der Waals surface area contributed by atoms with Gasteiger partial charge in [-0.15, -0.1) is 0 Å². The Morgan fingerprint density at radius 1 is 1.21 bits per heavy atom. The monoisotopic (exact) mass is 395 g/mol. The van der Waals surface area contributed by atoms with Crippen molar-refractivity contribution in [3.63, 3.8) is 0 Å². The van der Waals surface area contributed by atoms with Gasteiger partial charge >= 0.3 is 0 Å². The van der Waals surface area contributed by atoms with E-state index in [4.69, 9.17) is 21.1 Å². The maximum absolute atomic E-state index is 5.99. The quantitative estimate of drug-likeness (QED) is 0.655. The van der Waals surface area contributed by atoms with Crippen LogP contribution < -0.4 is 0 Å². The van der Waals surface area contributed by atoms with Crippen LogP contribution in [0.4, 0.5) is 0 Å². The van der Waals surface area contributed by atoms with Crippen molar-refractivity contribution in [2.45, 2.75) is 31.1 Å². The van der Waals surface area contributed by atoms with E-state index >= 15 is 0 Å². The molecule has 5 rings (SSSR count). The Kier molecular flexibility index (Phi) is 4.61. The highest BCUT2D eigenvalue weighted by atomic mass is 35.5. The van der Waals surface area contributed by atoms with E-state index in [1.54, 1.807) is 18.6 Å². The van der Waals surface area contributed by atoms with Gasteiger partial charge in [0.15, 0.2) is 0 Å². The molecule has 1 aromatic carbocycles. The summed E-state index contributed by atoms with van der Waals surface area (Å²) < 4.78 is 5.76. The average molecular weight is 396 g/mol. The molecule has 7 heteroatoms. The van der Waals surface area contributed by atoms with Gasteiger partial charge < -0.3 is 9.42 Å². The van der Waals surface area contributed by atoms with Gasteiger partial charge in [-0.05, 0) is 42.9 Å². The zero-order valence-corrected chi connectivity index (χ0v) is 16.3. The molecule has 0 bridgehead atoms. The van der Waals surface area contributed by atoms with Crippen LogP contribution in [0.3, 0.4) is 0 Å². The first-order valence-corrected chi connectivity index (χ1v) is 10.2. The third-order valence-corrected chi connectivity index (χ3v) is 6.47. The van der Waals surface area contributed by atoms with Crippen molar-refractivity contribution in [1.29, 1.82) is 0 Å². The van der Waals surface area contributed by atoms with Crippen molar-refractivity contribution in [1.82, 2.24) is 25.0 Å². The SMILES string of the molecule is Clc1ccc(CCN2C[C@H]3CCC[C@@]3(c3nc(-c4cnccn4)no3)C2)cc1. The molecule has 2 fully saturated rings. The predicted octanol–water partition coefficient (Wildman–Crippen LogP) is 3.78. The molecule has 2 atom stereocenters. The highest BCUT2D eigenvalue weighted by molar-refractivity contribution is 6.30. The van der Waals surface area contributed by atoms with Gasteiger partial charge in [0.05, 0.1) is 11.6 Å². The van der Waals surface area contributed by atoms with Crippen LogP contribution in [0.25, 0.3) is 11.5 Å². The second kappa shape index (κ2) is 7.26. The summed E-state index contributed by atoms with van der Waals surface area (Å²) in [5.74, 6) is 1.88. The number of aromatic nitrogens is 4. The number of hydrogen-bond donors (Lipinski definition) is 0. The average Bonchev–Trinajstić information content (AvgIpc) is 3.42. The summed E-state index contributed by atoms with van der Waals surface area (Å²) >= 11 is 5.99. The largest absolute Gasteiger partial charge is 0.338 e. The molecule has 0 radical (unpaired) electrons. The van der Waals surface area contributed by atoms with Crippen molar-refractivity contribution in [3.8, 4) is 11.5 Å². The van der Waals surface area contributed by atoms with Crippen LogP contribution in [-0.4, -0.2) is 44.6 Å². The first-order valence-electron chi connectivity index (χ1n) is 9.80. The molecule has 1 saturated heterocycles. The molecule has 0 N–H and O–H groups in total. The van der Waals surface area contributed by atoms with Gasteiger partial charge in [-0.2, -0.15) is 4.98 Å². The molecule has 0 unspecified atom stereocenters. The van der Waals surface area contributed by atoms with E-state index in [9.17, 15) is 0 Å². The third kappa shape index (κ3) is 3.20. The first-order chi connectivity index (χ1) is 13.7. The van der Waals surface area contributed by atoms with Gasteiger partial charge in [-0.1, -0.05) is 35.3 Å². The molecule has 1 saturated carbocycles. The molecule has 144 valence electrons. The number of fused-ring (bicyclic) bond motifs is 1. The number of rotatable bonds is 5. The van der Waals surface area contributed by atoms with Crippen LogP contribution in [0.5, 0.6) is 0 Å². The fourth-order valence-corrected chi connectivity index (χ4v) is 4.92. The smallest absolute Gasteiger partial charge is 0.234 e. The van der Waals surface area contributed by atoms with Crippen molar-refractivity contribution in [2.24, 2.45) is 5.92 Å². The molecule has 6 nitrogen and oxygen atoms in total. The van der Waals surface area contributed by atoms with Crippen LogP contribution >= 0.6 is 11.6 Å². The number of halogens is 1. The minimum atomic E-state index is -0.0204. The molecular formula is C21H22ClN5O. The molecule has 2 aliphatic rings. The van der Waals surface area contributed by atoms with E-state index < -0.39 is 0 Å². The number of benzene rings is 1. The predicted molar refractivity (Wildman–Crippen MR) is 106 cm³/mol. The molecule has 1 aliphatic carbocycles. The third-order valence-electron chi connectivity index (χ3n) is 6.22. The number of hydrogen-bond acceptors (Lipinski definition) is 6. The summed E-state index contributed by atoms with van der Waals surface area (Å²) in [6.07, 6.45) is 9.54. The highest BCUT2D eigenvalue weighted by Crippen LogP contribution is 2.50. The fraction of sp³-hybridized carbons (Fsp3) is 0.429. The lowest BCUT2D eigenvalue weighted by atomic mass is 9.80. The molecule has 0 amide bonds. The van der Waals surface area contributed by atoms with Crippen LogP contribution in [0.2, 0.25) is 5.02 Å². The van der Waals surface area contributed by atoms with E-state index in [1.165, 1.54) is 18.4 Å². The summed E-state index contributed by atoms with van der Waals surface area (Å²) in [6.45, 7) is 3.11. The minimum Gasteiger partial charge on any atom is -0.338 e. The van der Waals surface area contributed by atoms with Crippen molar-refractivity contribution in [2.75, 3.05) is 19.6 Å².